The maximum Gasteiger partial charge on any atom is 0.111 e. The van der Waals surface area contributed by atoms with Gasteiger partial charge >= 0.3 is 0 Å². The van der Waals surface area contributed by atoms with Crippen molar-refractivity contribution in [1.29, 1.82) is 0 Å². The second-order valence-corrected chi connectivity index (χ2v) is 2.08. The van der Waals surface area contributed by atoms with Crippen LogP contribution in [0, 0.1) is 0 Å². The van der Waals surface area contributed by atoms with E-state index in [-0.39, 0.29) is 0 Å². The van der Waals surface area contributed by atoms with Crippen molar-refractivity contribution in [2.24, 2.45) is 0 Å². The van der Waals surface area contributed by atoms with Gasteiger partial charge in [-0.05, 0) is 6.08 Å². The van der Waals surface area contributed by atoms with Gasteiger partial charge in [0.2, 0.25) is 0 Å². The van der Waals surface area contributed by atoms with E-state index >= 15 is 0 Å². The van der Waals surface area contributed by atoms with Gasteiger partial charge < -0.3 is 4.55 Å². The fourth-order valence-electron chi connectivity index (χ4n) is 0.510. The zero-order valence-corrected chi connectivity index (χ0v) is 5.14. The molecule has 8 heavy (non-hydrogen) atoms. The minimum atomic E-state index is 0.741. The summed E-state index contributed by atoms with van der Waals surface area (Å²) in [5.41, 5.74) is 0. The van der Waals surface area contributed by atoms with Crippen molar-refractivity contribution in [3.63, 3.8) is 0 Å². The topological polar surface area (TPSA) is 23.5 Å². The Kier molecular flexibility index (Phi) is 2.00. The summed E-state index contributed by atoms with van der Waals surface area (Å²) < 4.78 is 10.2. The Hall–Kier alpha value is -0.410. The van der Waals surface area contributed by atoms with Crippen LogP contribution in [0.3, 0.4) is 0 Å². The molecule has 0 unspecified atom stereocenters. The normalized spacial score (nSPS) is 17.4. The Bertz CT molecular complexity index is 122. The maximum atomic E-state index is 8.45. The Labute approximate surface area is 52.8 Å². The van der Waals surface area contributed by atoms with E-state index in [0.717, 1.165) is 18.8 Å². The summed E-state index contributed by atoms with van der Waals surface area (Å²) in [6, 6.07) is 0. The summed E-state index contributed by atoms with van der Waals surface area (Å²) >= 11 is 0.741. The molecule has 1 aliphatic rings. The lowest BCUT2D eigenvalue weighted by molar-refractivity contribution is 0.577. The first kappa shape index (κ1) is 5.72. The summed E-state index contributed by atoms with van der Waals surface area (Å²) in [7, 11) is 0. The molecule has 0 saturated heterocycles. The summed E-state index contributed by atoms with van der Waals surface area (Å²) in [6.07, 6.45) is 7.63. The van der Waals surface area contributed by atoms with Gasteiger partial charge in [0.1, 0.15) is 12.2 Å². The quantitative estimate of drug-likeness (QED) is 0.428. The molecule has 0 saturated carbocycles. The van der Waals surface area contributed by atoms with Crippen LogP contribution >= 0.6 is 12.2 Å². The van der Waals surface area contributed by atoms with Crippen LogP contribution in [0.5, 0.6) is 0 Å². The number of hydrogen-bond donors (Lipinski definition) is 1. The lowest BCUT2D eigenvalue weighted by atomic mass is 10.4. The molecule has 0 aromatic heterocycles. The fourth-order valence-corrected chi connectivity index (χ4v) is 0.788. The van der Waals surface area contributed by atoms with Gasteiger partial charge in [-0.2, -0.15) is 0 Å². The molecule has 0 amide bonds. The van der Waals surface area contributed by atoms with E-state index < -0.39 is 0 Å². The Morgan fingerprint density at radius 3 is 2.75 bits per heavy atom. The van der Waals surface area contributed by atoms with Crippen LogP contribution in [0.25, 0.3) is 0 Å². The fraction of sp³-hybridized carbons (Fsp3) is 0.200. The van der Waals surface area contributed by atoms with Crippen molar-refractivity contribution >= 4 is 12.2 Å². The molecule has 1 aliphatic heterocycles. The first-order chi connectivity index (χ1) is 3.93. The van der Waals surface area contributed by atoms with E-state index in [2.05, 4.69) is 0 Å². The molecular formula is C5H7NOS. The monoisotopic (exact) mass is 129 g/mol. The molecule has 0 aromatic carbocycles. The lowest BCUT2D eigenvalue weighted by Crippen LogP contribution is -2.08. The number of hydrogen-bond acceptors (Lipinski definition) is 3. The molecule has 0 atom stereocenters. The minimum absolute atomic E-state index is 0.741. The highest BCUT2D eigenvalue weighted by Gasteiger charge is 1.94. The van der Waals surface area contributed by atoms with Crippen LogP contribution in [0.1, 0.15) is 0 Å². The largest absolute Gasteiger partial charge is 0.312 e. The van der Waals surface area contributed by atoms with Crippen LogP contribution in [-0.4, -0.2) is 15.4 Å². The highest BCUT2D eigenvalue weighted by Crippen LogP contribution is 2.07. The molecule has 0 bridgehead atoms. The molecule has 0 spiro atoms. The average Bonchev–Trinajstić information content (AvgIpc) is 1.90. The zero-order chi connectivity index (χ0) is 5.82. The average molecular weight is 129 g/mol. The number of nitrogens with zero attached hydrogens (tertiary/aromatic N) is 1. The van der Waals surface area contributed by atoms with Crippen molar-refractivity contribution in [2.75, 3.05) is 6.54 Å². The third kappa shape index (κ3) is 1.28. The third-order valence-electron chi connectivity index (χ3n) is 0.890. The molecule has 44 valence electrons. The van der Waals surface area contributed by atoms with Gasteiger partial charge in [-0.1, -0.05) is 12.2 Å². The van der Waals surface area contributed by atoms with Crippen molar-refractivity contribution in [3.8, 4) is 0 Å². The lowest BCUT2D eigenvalue weighted by Gasteiger charge is -2.13. The first-order valence-corrected chi connectivity index (χ1v) is 3.08. The summed E-state index contributed by atoms with van der Waals surface area (Å²) in [5.74, 6) is 0. The van der Waals surface area contributed by atoms with E-state index in [1.807, 2.05) is 24.4 Å². The van der Waals surface area contributed by atoms with E-state index in [1.54, 1.807) is 4.31 Å². The van der Waals surface area contributed by atoms with E-state index in [4.69, 9.17) is 4.55 Å². The SMILES string of the molecule is OSN1C=CC=CC1. The van der Waals surface area contributed by atoms with Crippen LogP contribution in [0.2, 0.25) is 0 Å². The van der Waals surface area contributed by atoms with Gasteiger partial charge in [0.15, 0.2) is 0 Å². The van der Waals surface area contributed by atoms with Crippen LogP contribution in [0.15, 0.2) is 24.4 Å². The van der Waals surface area contributed by atoms with Gasteiger partial charge in [-0.3, -0.25) is 4.31 Å². The van der Waals surface area contributed by atoms with Crippen molar-refractivity contribution in [2.45, 2.75) is 0 Å². The van der Waals surface area contributed by atoms with E-state index in [1.165, 1.54) is 0 Å². The van der Waals surface area contributed by atoms with Crippen molar-refractivity contribution in [1.82, 2.24) is 4.31 Å². The zero-order valence-electron chi connectivity index (χ0n) is 4.32. The number of rotatable bonds is 1. The van der Waals surface area contributed by atoms with Gasteiger partial charge in [-0.15, -0.1) is 0 Å². The van der Waals surface area contributed by atoms with Crippen molar-refractivity contribution < 1.29 is 4.55 Å². The molecule has 1 rings (SSSR count). The van der Waals surface area contributed by atoms with Gasteiger partial charge in [0.25, 0.3) is 0 Å². The van der Waals surface area contributed by atoms with Crippen molar-refractivity contribution in [3.05, 3.63) is 24.4 Å². The Balaban J connectivity index is 2.40. The predicted octanol–water partition coefficient (Wildman–Crippen LogP) is 1.49. The van der Waals surface area contributed by atoms with Crippen LogP contribution in [-0.2, 0) is 0 Å². The third-order valence-corrected chi connectivity index (χ3v) is 1.37. The van der Waals surface area contributed by atoms with Gasteiger partial charge in [-0.25, -0.2) is 0 Å². The molecular weight excluding hydrogens is 122 g/mol. The summed E-state index contributed by atoms with van der Waals surface area (Å²) in [6.45, 7) is 0.789. The van der Waals surface area contributed by atoms with E-state index in [0.29, 0.717) is 0 Å². The second kappa shape index (κ2) is 2.79. The molecule has 0 radical (unpaired) electrons. The van der Waals surface area contributed by atoms with Crippen LogP contribution in [0.4, 0.5) is 0 Å². The molecule has 0 aromatic rings. The molecule has 2 nitrogen and oxygen atoms in total. The minimum Gasteiger partial charge on any atom is -0.312 e. The predicted molar refractivity (Wildman–Crippen MR) is 35.2 cm³/mol. The van der Waals surface area contributed by atoms with E-state index in [9.17, 15) is 0 Å². The summed E-state index contributed by atoms with van der Waals surface area (Å²) in [5, 5.41) is 0. The second-order valence-electron chi connectivity index (χ2n) is 1.45. The highest BCUT2D eigenvalue weighted by molar-refractivity contribution is 7.91. The van der Waals surface area contributed by atoms with Gasteiger partial charge in [0.05, 0.1) is 0 Å². The molecule has 1 N–H and O–H groups in total. The smallest absolute Gasteiger partial charge is 0.111 e. The molecule has 1 heterocycles. The highest BCUT2D eigenvalue weighted by atomic mass is 32.2. The Morgan fingerprint density at radius 2 is 2.38 bits per heavy atom. The number of allylic oxidation sites excluding steroid dienone is 2. The summed E-state index contributed by atoms with van der Waals surface area (Å²) in [4.78, 5) is 0. The molecule has 0 aliphatic carbocycles. The van der Waals surface area contributed by atoms with Crippen LogP contribution < -0.4 is 0 Å². The maximum absolute atomic E-state index is 8.45. The molecule has 3 heteroatoms. The molecule has 0 fully saturated rings. The van der Waals surface area contributed by atoms with Gasteiger partial charge in [0, 0.05) is 12.7 Å². The Morgan fingerprint density at radius 1 is 1.50 bits per heavy atom. The first-order valence-electron chi connectivity index (χ1n) is 2.35. The standard InChI is InChI=1S/C5H7NOS/c7-8-6-4-2-1-3-5-6/h1-4,7H,5H2.